The highest BCUT2D eigenvalue weighted by atomic mass is 79.9. The zero-order valence-corrected chi connectivity index (χ0v) is 20.9. The van der Waals surface area contributed by atoms with Crippen LogP contribution in [0.15, 0.2) is 53.0 Å². The molecule has 0 aliphatic rings. The molecular formula is C22H28BrN3O5S. The van der Waals surface area contributed by atoms with E-state index in [0.717, 1.165) is 16.1 Å². The zero-order chi connectivity index (χ0) is 23.9. The second kappa shape index (κ2) is 11.3. The van der Waals surface area contributed by atoms with E-state index in [1.807, 2.05) is 6.07 Å². The molecule has 0 aliphatic heterocycles. The number of hydrogen-bond acceptors (Lipinski definition) is 5. The summed E-state index contributed by atoms with van der Waals surface area (Å²) in [5.41, 5.74) is 1.10. The number of amides is 2. The summed E-state index contributed by atoms with van der Waals surface area (Å²) in [5, 5.41) is 2.72. The molecular weight excluding hydrogens is 498 g/mol. The van der Waals surface area contributed by atoms with Gasteiger partial charge in [-0.2, -0.15) is 0 Å². The van der Waals surface area contributed by atoms with Crippen LogP contribution >= 0.6 is 15.9 Å². The lowest BCUT2D eigenvalue weighted by Gasteiger charge is -2.31. The first-order chi connectivity index (χ1) is 15.1. The maximum Gasteiger partial charge on any atom is 0.244 e. The standard InChI is InChI=1S/C22H28BrN3O5S/c1-5-24-22(28)16(2)25(14-17-8-6-11-20(12-17)31-3)21(27)15-26(32(4,29)30)19-10-7-9-18(23)13-19/h6-13,16H,5,14-15H2,1-4H3,(H,24,28)/t16-/m1/s1. The summed E-state index contributed by atoms with van der Waals surface area (Å²) >= 11 is 3.33. The predicted octanol–water partition coefficient (Wildman–Crippen LogP) is 2.78. The number of anilines is 1. The van der Waals surface area contributed by atoms with E-state index in [0.29, 0.717) is 22.5 Å². The van der Waals surface area contributed by atoms with Crippen molar-refractivity contribution in [2.45, 2.75) is 26.4 Å². The molecule has 10 heteroatoms. The molecule has 0 aliphatic carbocycles. The van der Waals surface area contributed by atoms with Crippen LogP contribution in [0.1, 0.15) is 19.4 Å². The lowest BCUT2D eigenvalue weighted by molar-refractivity contribution is -0.139. The SMILES string of the molecule is CCNC(=O)[C@@H](C)N(Cc1cccc(OC)c1)C(=O)CN(c1cccc(Br)c1)S(C)(=O)=O. The third-order valence-electron chi connectivity index (χ3n) is 4.78. The van der Waals surface area contributed by atoms with Gasteiger partial charge < -0.3 is 15.0 Å². The van der Waals surface area contributed by atoms with E-state index in [9.17, 15) is 18.0 Å². The molecule has 2 rings (SSSR count). The third kappa shape index (κ3) is 6.96. The minimum absolute atomic E-state index is 0.115. The number of nitrogens with one attached hydrogen (secondary N) is 1. The molecule has 0 fully saturated rings. The summed E-state index contributed by atoms with van der Waals surface area (Å²) in [5.74, 6) is -0.207. The summed E-state index contributed by atoms with van der Waals surface area (Å²) in [6.45, 7) is 3.50. The quantitative estimate of drug-likeness (QED) is 0.514. The van der Waals surface area contributed by atoms with Gasteiger partial charge in [0.05, 0.1) is 19.1 Å². The lowest BCUT2D eigenvalue weighted by atomic mass is 10.1. The molecule has 1 atom stereocenters. The van der Waals surface area contributed by atoms with Crippen LogP contribution in [0.4, 0.5) is 5.69 Å². The van der Waals surface area contributed by atoms with E-state index < -0.39 is 28.5 Å². The van der Waals surface area contributed by atoms with Gasteiger partial charge in [0.15, 0.2) is 0 Å². The minimum atomic E-state index is -3.76. The highest BCUT2D eigenvalue weighted by molar-refractivity contribution is 9.10. The smallest absolute Gasteiger partial charge is 0.244 e. The summed E-state index contributed by atoms with van der Waals surface area (Å²) in [4.78, 5) is 27.3. The minimum Gasteiger partial charge on any atom is -0.497 e. The molecule has 174 valence electrons. The Morgan fingerprint density at radius 2 is 1.84 bits per heavy atom. The number of carbonyl (C=O) groups is 2. The van der Waals surface area contributed by atoms with Gasteiger partial charge >= 0.3 is 0 Å². The molecule has 0 heterocycles. The number of likely N-dealkylation sites (N-methyl/N-ethyl adjacent to an activating group) is 1. The fourth-order valence-corrected chi connectivity index (χ4v) is 4.35. The molecule has 0 spiro atoms. The number of sulfonamides is 1. The molecule has 0 unspecified atom stereocenters. The van der Waals surface area contributed by atoms with Gasteiger partial charge in [-0.1, -0.05) is 34.1 Å². The molecule has 1 N–H and O–H groups in total. The molecule has 0 radical (unpaired) electrons. The largest absolute Gasteiger partial charge is 0.497 e. The van der Waals surface area contributed by atoms with Gasteiger partial charge in [0.1, 0.15) is 18.3 Å². The predicted molar refractivity (Wildman–Crippen MR) is 128 cm³/mol. The van der Waals surface area contributed by atoms with Crippen molar-refractivity contribution in [1.29, 1.82) is 0 Å². The van der Waals surface area contributed by atoms with Crippen LogP contribution in [0.2, 0.25) is 0 Å². The van der Waals surface area contributed by atoms with Gasteiger partial charge in [0.25, 0.3) is 0 Å². The first kappa shape index (κ1) is 25.7. The van der Waals surface area contributed by atoms with E-state index >= 15 is 0 Å². The Balaban J connectivity index is 2.39. The number of nitrogens with zero attached hydrogens (tertiary/aromatic N) is 2. The van der Waals surface area contributed by atoms with Crippen molar-refractivity contribution in [3.63, 3.8) is 0 Å². The second-order valence-corrected chi connectivity index (χ2v) is 10.0. The summed E-state index contributed by atoms with van der Waals surface area (Å²) < 4.78 is 31.9. The molecule has 0 saturated carbocycles. The maximum absolute atomic E-state index is 13.4. The fourth-order valence-electron chi connectivity index (χ4n) is 3.12. The van der Waals surface area contributed by atoms with Crippen LogP contribution in [0, 0.1) is 0 Å². The van der Waals surface area contributed by atoms with E-state index in [1.54, 1.807) is 63.4 Å². The van der Waals surface area contributed by atoms with Crippen molar-refractivity contribution in [2.75, 3.05) is 30.8 Å². The lowest BCUT2D eigenvalue weighted by Crippen LogP contribution is -2.51. The Kier molecular flexibility index (Phi) is 9.09. The molecule has 2 aromatic rings. The van der Waals surface area contributed by atoms with Crippen LogP contribution in [0.3, 0.4) is 0 Å². The first-order valence-electron chi connectivity index (χ1n) is 10.00. The van der Waals surface area contributed by atoms with Crippen molar-refractivity contribution in [2.24, 2.45) is 0 Å². The topological polar surface area (TPSA) is 96.0 Å². The van der Waals surface area contributed by atoms with Crippen LogP contribution in [-0.2, 0) is 26.2 Å². The zero-order valence-electron chi connectivity index (χ0n) is 18.5. The Morgan fingerprint density at radius 3 is 2.44 bits per heavy atom. The maximum atomic E-state index is 13.4. The average molecular weight is 526 g/mol. The number of benzene rings is 2. The van der Waals surface area contributed by atoms with E-state index in [2.05, 4.69) is 21.2 Å². The van der Waals surface area contributed by atoms with Gasteiger partial charge in [-0.3, -0.25) is 13.9 Å². The number of carbonyl (C=O) groups excluding carboxylic acids is 2. The van der Waals surface area contributed by atoms with Crippen LogP contribution in [-0.4, -0.2) is 57.6 Å². The van der Waals surface area contributed by atoms with E-state index in [1.165, 1.54) is 4.90 Å². The highest BCUT2D eigenvalue weighted by Crippen LogP contribution is 2.23. The van der Waals surface area contributed by atoms with Gasteiger partial charge in [-0.15, -0.1) is 0 Å². The van der Waals surface area contributed by atoms with Gasteiger partial charge in [-0.25, -0.2) is 8.42 Å². The summed E-state index contributed by atoms with van der Waals surface area (Å²) in [6, 6.07) is 13.0. The highest BCUT2D eigenvalue weighted by Gasteiger charge is 2.30. The second-order valence-electron chi connectivity index (χ2n) is 7.19. The van der Waals surface area contributed by atoms with Crippen molar-refractivity contribution in [3.8, 4) is 5.75 Å². The average Bonchev–Trinajstić information content (AvgIpc) is 2.74. The Hall–Kier alpha value is -2.59. The molecule has 0 saturated heterocycles. The monoisotopic (exact) mass is 525 g/mol. The van der Waals surface area contributed by atoms with Crippen LogP contribution < -0.4 is 14.4 Å². The van der Waals surface area contributed by atoms with Gasteiger partial charge in [0.2, 0.25) is 21.8 Å². The Bertz CT molecular complexity index is 1060. The van der Waals surface area contributed by atoms with Crippen LogP contribution in [0.25, 0.3) is 0 Å². The van der Waals surface area contributed by atoms with Crippen molar-refractivity contribution < 1.29 is 22.7 Å². The van der Waals surface area contributed by atoms with E-state index in [-0.39, 0.29) is 12.5 Å². The molecule has 2 aromatic carbocycles. The Morgan fingerprint density at radius 1 is 1.16 bits per heavy atom. The third-order valence-corrected chi connectivity index (χ3v) is 6.41. The molecule has 32 heavy (non-hydrogen) atoms. The number of halogens is 1. The number of methoxy groups -OCH3 is 1. The van der Waals surface area contributed by atoms with Crippen molar-refractivity contribution in [1.82, 2.24) is 10.2 Å². The Labute approximate surface area is 197 Å². The number of hydrogen-bond donors (Lipinski definition) is 1. The van der Waals surface area contributed by atoms with Gasteiger partial charge in [0, 0.05) is 17.6 Å². The van der Waals surface area contributed by atoms with Crippen molar-refractivity contribution >= 4 is 43.5 Å². The summed E-state index contributed by atoms with van der Waals surface area (Å²) in [6.07, 6.45) is 1.04. The normalized spacial score (nSPS) is 12.0. The van der Waals surface area contributed by atoms with Gasteiger partial charge in [-0.05, 0) is 49.7 Å². The molecule has 0 aromatic heterocycles. The fraction of sp³-hybridized carbons (Fsp3) is 0.364. The number of rotatable bonds is 10. The molecule has 0 bridgehead atoms. The molecule has 8 nitrogen and oxygen atoms in total. The van der Waals surface area contributed by atoms with Crippen LogP contribution in [0.5, 0.6) is 5.75 Å². The molecule has 2 amide bonds. The first-order valence-corrected chi connectivity index (χ1v) is 12.6. The summed E-state index contributed by atoms with van der Waals surface area (Å²) in [7, 11) is -2.22. The van der Waals surface area contributed by atoms with Crippen molar-refractivity contribution in [3.05, 3.63) is 58.6 Å². The van der Waals surface area contributed by atoms with E-state index in [4.69, 9.17) is 4.74 Å². The number of ether oxygens (including phenoxy) is 1.